The molecule has 0 aliphatic rings. The zero-order valence-electron chi connectivity index (χ0n) is 9.77. The van der Waals surface area contributed by atoms with E-state index in [2.05, 4.69) is 0 Å². The Hall–Kier alpha value is -1.71. The molecule has 0 aromatic heterocycles. The van der Waals surface area contributed by atoms with Gasteiger partial charge in [-0.05, 0) is 24.3 Å². The second-order valence-electron chi connectivity index (χ2n) is 3.83. The van der Waals surface area contributed by atoms with E-state index in [9.17, 15) is 4.79 Å². The minimum Gasteiger partial charge on any atom is -0.489 e. The summed E-state index contributed by atoms with van der Waals surface area (Å²) in [6.07, 6.45) is 0. The van der Waals surface area contributed by atoms with Crippen LogP contribution in [0.1, 0.15) is 15.9 Å². The van der Waals surface area contributed by atoms with Crippen LogP contribution in [0.2, 0.25) is 10.0 Å². The first-order valence-corrected chi connectivity index (χ1v) is 6.22. The largest absolute Gasteiger partial charge is 0.489 e. The predicted molar refractivity (Wildman–Crippen MR) is 74.2 cm³/mol. The summed E-state index contributed by atoms with van der Waals surface area (Å²) in [6, 6.07) is 11.8. The maximum absolute atomic E-state index is 10.8. The van der Waals surface area contributed by atoms with E-state index in [4.69, 9.17) is 33.0 Å². The van der Waals surface area contributed by atoms with Gasteiger partial charge in [0.25, 0.3) is 0 Å². The molecule has 0 saturated carbocycles. The van der Waals surface area contributed by atoms with Gasteiger partial charge in [-0.3, -0.25) is 0 Å². The van der Waals surface area contributed by atoms with Gasteiger partial charge in [0.2, 0.25) is 0 Å². The van der Waals surface area contributed by atoms with Crippen molar-refractivity contribution in [1.29, 1.82) is 0 Å². The van der Waals surface area contributed by atoms with E-state index in [-0.39, 0.29) is 10.6 Å². The summed E-state index contributed by atoms with van der Waals surface area (Å²) in [7, 11) is 0. The Morgan fingerprint density at radius 3 is 2.47 bits per heavy atom. The molecule has 0 fully saturated rings. The molecule has 98 valence electrons. The molecule has 0 spiro atoms. The molecule has 3 nitrogen and oxygen atoms in total. The maximum Gasteiger partial charge on any atom is 0.337 e. The monoisotopic (exact) mass is 296 g/mol. The SMILES string of the molecule is O=C(O)c1ccc(OCc2ccccc2Cl)cc1Cl. The molecular weight excluding hydrogens is 287 g/mol. The molecule has 0 aliphatic carbocycles. The third-order valence-corrected chi connectivity index (χ3v) is 3.20. The minimum absolute atomic E-state index is 0.0479. The highest BCUT2D eigenvalue weighted by Crippen LogP contribution is 2.24. The molecule has 0 atom stereocenters. The number of halogens is 2. The molecule has 2 aromatic rings. The number of benzene rings is 2. The number of carbonyl (C=O) groups is 1. The number of ether oxygens (including phenoxy) is 1. The molecule has 0 bridgehead atoms. The van der Waals surface area contributed by atoms with Crippen molar-refractivity contribution in [3.05, 3.63) is 63.6 Å². The van der Waals surface area contributed by atoms with Crippen LogP contribution in [0, 0.1) is 0 Å². The van der Waals surface area contributed by atoms with Crippen molar-refractivity contribution < 1.29 is 14.6 Å². The Morgan fingerprint density at radius 1 is 1.11 bits per heavy atom. The molecule has 5 heteroatoms. The first-order chi connectivity index (χ1) is 9.08. The minimum atomic E-state index is -1.07. The summed E-state index contributed by atoms with van der Waals surface area (Å²) < 4.78 is 5.53. The van der Waals surface area contributed by atoms with Gasteiger partial charge < -0.3 is 9.84 Å². The fourth-order valence-electron chi connectivity index (χ4n) is 1.54. The lowest BCUT2D eigenvalue weighted by Gasteiger charge is -2.08. The highest BCUT2D eigenvalue weighted by molar-refractivity contribution is 6.33. The molecule has 0 aliphatic heterocycles. The van der Waals surface area contributed by atoms with Gasteiger partial charge >= 0.3 is 5.97 Å². The number of carboxylic acid groups (broad SMARTS) is 1. The van der Waals surface area contributed by atoms with Crippen LogP contribution in [0.5, 0.6) is 5.75 Å². The maximum atomic E-state index is 10.8. The van der Waals surface area contributed by atoms with Gasteiger partial charge in [-0.15, -0.1) is 0 Å². The first kappa shape index (κ1) is 13.7. The third kappa shape index (κ3) is 3.40. The van der Waals surface area contributed by atoms with Crippen LogP contribution < -0.4 is 4.74 Å². The second-order valence-corrected chi connectivity index (χ2v) is 4.64. The zero-order chi connectivity index (χ0) is 13.8. The Labute approximate surface area is 120 Å². The average molecular weight is 297 g/mol. The summed E-state index contributed by atoms with van der Waals surface area (Å²) in [4.78, 5) is 10.8. The number of hydrogen-bond donors (Lipinski definition) is 1. The quantitative estimate of drug-likeness (QED) is 0.916. The molecule has 0 radical (unpaired) electrons. The molecule has 2 rings (SSSR count). The van der Waals surface area contributed by atoms with Gasteiger partial charge in [0.15, 0.2) is 0 Å². The topological polar surface area (TPSA) is 46.5 Å². The van der Waals surface area contributed by atoms with Crippen LogP contribution in [0.3, 0.4) is 0 Å². The van der Waals surface area contributed by atoms with Crippen LogP contribution in [0.15, 0.2) is 42.5 Å². The first-order valence-electron chi connectivity index (χ1n) is 5.47. The molecule has 0 saturated heterocycles. The zero-order valence-corrected chi connectivity index (χ0v) is 11.3. The molecular formula is C14H10Cl2O3. The third-order valence-electron chi connectivity index (χ3n) is 2.52. The molecule has 1 N–H and O–H groups in total. The highest BCUT2D eigenvalue weighted by atomic mass is 35.5. The lowest BCUT2D eigenvalue weighted by molar-refractivity contribution is 0.0697. The van der Waals surface area contributed by atoms with E-state index < -0.39 is 5.97 Å². The Bertz CT molecular complexity index is 611. The summed E-state index contributed by atoms with van der Waals surface area (Å²) >= 11 is 11.9. The van der Waals surface area contributed by atoms with Crippen molar-refractivity contribution >= 4 is 29.2 Å². The summed E-state index contributed by atoms with van der Waals surface area (Å²) in [6.45, 7) is 0.294. The summed E-state index contributed by atoms with van der Waals surface area (Å²) in [5, 5.41) is 9.62. The molecule has 19 heavy (non-hydrogen) atoms. The fraction of sp³-hybridized carbons (Fsp3) is 0.0714. The predicted octanol–water partition coefficient (Wildman–Crippen LogP) is 4.27. The van der Waals surface area contributed by atoms with E-state index in [1.165, 1.54) is 12.1 Å². The molecule has 0 amide bonds. The van der Waals surface area contributed by atoms with E-state index in [0.717, 1.165) is 5.56 Å². The summed E-state index contributed by atoms with van der Waals surface area (Å²) in [5.74, 6) is -0.572. The van der Waals surface area contributed by atoms with Crippen LogP contribution >= 0.6 is 23.2 Å². The Kier molecular flexibility index (Phi) is 4.30. The number of carboxylic acids is 1. The van der Waals surface area contributed by atoms with Gasteiger partial charge in [0.1, 0.15) is 12.4 Å². The smallest absolute Gasteiger partial charge is 0.337 e. The van der Waals surface area contributed by atoms with E-state index in [0.29, 0.717) is 17.4 Å². The molecule has 2 aromatic carbocycles. The number of rotatable bonds is 4. The van der Waals surface area contributed by atoms with Crippen molar-refractivity contribution in [1.82, 2.24) is 0 Å². The second kappa shape index (κ2) is 5.95. The number of aromatic carboxylic acids is 1. The van der Waals surface area contributed by atoms with Crippen molar-refractivity contribution in [3.8, 4) is 5.75 Å². The van der Waals surface area contributed by atoms with E-state index in [1.807, 2.05) is 18.2 Å². The summed E-state index contributed by atoms with van der Waals surface area (Å²) in [5.41, 5.74) is 0.898. The van der Waals surface area contributed by atoms with Crippen molar-refractivity contribution in [2.45, 2.75) is 6.61 Å². The lowest BCUT2D eigenvalue weighted by atomic mass is 10.2. The standard InChI is InChI=1S/C14H10Cl2O3/c15-12-4-2-1-3-9(12)8-19-10-5-6-11(14(17)18)13(16)7-10/h1-7H,8H2,(H,17,18). The van der Waals surface area contributed by atoms with Crippen LogP contribution in [-0.4, -0.2) is 11.1 Å². The highest BCUT2D eigenvalue weighted by Gasteiger charge is 2.09. The normalized spacial score (nSPS) is 10.2. The molecule has 0 unspecified atom stereocenters. The average Bonchev–Trinajstić information content (AvgIpc) is 2.37. The van der Waals surface area contributed by atoms with Crippen molar-refractivity contribution in [2.24, 2.45) is 0 Å². The Balaban J connectivity index is 2.11. The van der Waals surface area contributed by atoms with Crippen molar-refractivity contribution in [3.63, 3.8) is 0 Å². The Morgan fingerprint density at radius 2 is 1.84 bits per heavy atom. The van der Waals surface area contributed by atoms with Gasteiger partial charge in [-0.1, -0.05) is 41.4 Å². The van der Waals surface area contributed by atoms with Gasteiger partial charge in [-0.25, -0.2) is 4.79 Å². The van der Waals surface area contributed by atoms with E-state index >= 15 is 0 Å². The fourth-order valence-corrected chi connectivity index (χ4v) is 1.98. The van der Waals surface area contributed by atoms with Gasteiger partial charge in [0, 0.05) is 10.6 Å². The number of hydrogen-bond acceptors (Lipinski definition) is 2. The van der Waals surface area contributed by atoms with Gasteiger partial charge in [0.05, 0.1) is 10.6 Å². The molecule has 0 heterocycles. The van der Waals surface area contributed by atoms with Crippen LogP contribution in [-0.2, 0) is 6.61 Å². The van der Waals surface area contributed by atoms with Crippen molar-refractivity contribution in [2.75, 3.05) is 0 Å². The van der Waals surface area contributed by atoms with Gasteiger partial charge in [-0.2, -0.15) is 0 Å². The van der Waals surface area contributed by atoms with E-state index in [1.54, 1.807) is 12.1 Å². The van der Waals surface area contributed by atoms with Crippen LogP contribution in [0.4, 0.5) is 0 Å². The van der Waals surface area contributed by atoms with Crippen LogP contribution in [0.25, 0.3) is 0 Å². The lowest BCUT2D eigenvalue weighted by Crippen LogP contribution is -1.99.